The van der Waals surface area contributed by atoms with E-state index in [-0.39, 0.29) is 30.2 Å². The number of rotatable bonds is 6. The van der Waals surface area contributed by atoms with Crippen LogP contribution in [-0.2, 0) is 9.59 Å². The number of hydrogen-bond acceptors (Lipinski definition) is 3. The SMILES string of the molecule is CC(CC(=O)NCC1(O)CCCCC1)NC(=O)C1CCCCC1. The molecule has 0 saturated heterocycles. The van der Waals surface area contributed by atoms with Crippen molar-refractivity contribution in [1.29, 1.82) is 0 Å². The third kappa shape index (κ3) is 6.13. The minimum atomic E-state index is -0.734. The average molecular weight is 324 g/mol. The predicted molar refractivity (Wildman–Crippen MR) is 89.8 cm³/mol. The lowest BCUT2D eigenvalue weighted by molar-refractivity contribution is -0.127. The molecule has 0 bridgehead atoms. The Hall–Kier alpha value is -1.10. The number of aliphatic hydroxyl groups is 1. The Balaban J connectivity index is 1.66. The summed E-state index contributed by atoms with van der Waals surface area (Å²) in [7, 11) is 0. The van der Waals surface area contributed by atoms with Crippen LogP contribution in [0.2, 0.25) is 0 Å². The van der Waals surface area contributed by atoms with Crippen molar-refractivity contribution in [2.45, 2.75) is 89.2 Å². The molecule has 0 radical (unpaired) electrons. The van der Waals surface area contributed by atoms with E-state index in [0.717, 1.165) is 51.4 Å². The van der Waals surface area contributed by atoms with Gasteiger partial charge in [0.05, 0.1) is 5.60 Å². The number of hydrogen-bond donors (Lipinski definition) is 3. The summed E-state index contributed by atoms with van der Waals surface area (Å²) >= 11 is 0. The van der Waals surface area contributed by atoms with Crippen molar-refractivity contribution >= 4 is 11.8 Å². The zero-order valence-corrected chi connectivity index (χ0v) is 14.4. The second-order valence-electron chi connectivity index (χ2n) is 7.51. The van der Waals surface area contributed by atoms with Crippen LogP contribution in [0.1, 0.15) is 77.6 Å². The molecule has 0 aromatic heterocycles. The van der Waals surface area contributed by atoms with Gasteiger partial charge in [-0.3, -0.25) is 9.59 Å². The van der Waals surface area contributed by atoms with Crippen molar-refractivity contribution < 1.29 is 14.7 Å². The molecule has 5 nitrogen and oxygen atoms in total. The van der Waals surface area contributed by atoms with E-state index in [1.54, 1.807) is 0 Å². The number of carbonyl (C=O) groups excluding carboxylic acids is 2. The minimum Gasteiger partial charge on any atom is -0.388 e. The van der Waals surface area contributed by atoms with Crippen LogP contribution in [0.5, 0.6) is 0 Å². The van der Waals surface area contributed by atoms with Gasteiger partial charge in [-0.15, -0.1) is 0 Å². The molecule has 0 aliphatic heterocycles. The third-order valence-corrected chi connectivity index (χ3v) is 5.26. The molecule has 3 N–H and O–H groups in total. The van der Waals surface area contributed by atoms with Crippen LogP contribution in [0.4, 0.5) is 0 Å². The molecular formula is C18H32N2O3. The molecule has 132 valence electrons. The van der Waals surface area contributed by atoms with Crippen LogP contribution < -0.4 is 10.6 Å². The van der Waals surface area contributed by atoms with Gasteiger partial charge in [0.2, 0.25) is 11.8 Å². The maximum Gasteiger partial charge on any atom is 0.223 e. The molecule has 5 heteroatoms. The number of carbonyl (C=O) groups is 2. The first-order valence-electron chi connectivity index (χ1n) is 9.28. The zero-order chi connectivity index (χ0) is 16.7. The van der Waals surface area contributed by atoms with Gasteiger partial charge in [-0.05, 0) is 32.6 Å². The molecule has 0 spiro atoms. The Bertz CT molecular complexity index is 399. The second kappa shape index (κ2) is 8.67. The predicted octanol–water partition coefficient (Wildman–Crippen LogP) is 2.27. The normalized spacial score (nSPS) is 23.0. The van der Waals surface area contributed by atoms with Crippen LogP contribution in [0.3, 0.4) is 0 Å². The van der Waals surface area contributed by atoms with Crippen molar-refractivity contribution in [2.75, 3.05) is 6.54 Å². The average Bonchev–Trinajstić information content (AvgIpc) is 2.54. The highest BCUT2D eigenvalue weighted by Crippen LogP contribution is 2.27. The quantitative estimate of drug-likeness (QED) is 0.701. The smallest absolute Gasteiger partial charge is 0.223 e. The van der Waals surface area contributed by atoms with Crippen LogP contribution in [0.15, 0.2) is 0 Å². The van der Waals surface area contributed by atoms with Crippen molar-refractivity contribution in [3.63, 3.8) is 0 Å². The molecule has 23 heavy (non-hydrogen) atoms. The number of nitrogens with one attached hydrogen (secondary N) is 2. The van der Waals surface area contributed by atoms with E-state index in [9.17, 15) is 14.7 Å². The summed E-state index contributed by atoms with van der Waals surface area (Å²) in [6.45, 7) is 2.20. The summed E-state index contributed by atoms with van der Waals surface area (Å²) in [5.74, 6) is 0.119. The van der Waals surface area contributed by atoms with Crippen molar-refractivity contribution in [1.82, 2.24) is 10.6 Å². The first-order chi connectivity index (χ1) is 11.0. The van der Waals surface area contributed by atoms with Crippen molar-refractivity contribution in [2.24, 2.45) is 5.92 Å². The van der Waals surface area contributed by atoms with E-state index in [4.69, 9.17) is 0 Å². The van der Waals surface area contributed by atoms with Gasteiger partial charge >= 0.3 is 0 Å². The number of amides is 2. The van der Waals surface area contributed by atoms with E-state index < -0.39 is 5.60 Å². The van der Waals surface area contributed by atoms with E-state index in [1.807, 2.05) is 6.92 Å². The van der Waals surface area contributed by atoms with E-state index in [0.29, 0.717) is 6.54 Å². The summed E-state index contributed by atoms with van der Waals surface area (Å²) in [5, 5.41) is 16.2. The van der Waals surface area contributed by atoms with E-state index >= 15 is 0 Å². The van der Waals surface area contributed by atoms with E-state index in [1.165, 1.54) is 12.8 Å². The zero-order valence-electron chi connectivity index (χ0n) is 14.4. The third-order valence-electron chi connectivity index (χ3n) is 5.26. The maximum absolute atomic E-state index is 12.2. The van der Waals surface area contributed by atoms with Gasteiger partial charge in [0.15, 0.2) is 0 Å². The molecule has 2 rings (SSSR count). The fourth-order valence-electron chi connectivity index (χ4n) is 3.78. The van der Waals surface area contributed by atoms with Gasteiger partial charge in [-0.1, -0.05) is 38.5 Å². The summed E-state index contributed by atoms with van der Waals surface area (Å²) < 4.78 is 0. The van der Waals surface area contributed by atoms with Gasteiger partial charge in [0.1, 0.15) is 0 Å². The molecule has 0 aromatic carbocycles. The van der Waals surface area contributed by atoms with Crippen LogP contribution >= 0.6 is 0 Å². The topological polar surface area (TPSA) is 78.4 Å². The van der Waals surface area contributed by atoms with Gasteiger partial charge in [0, 0.05) is 24.9 Å². The molecule has 2 aliphatic rings. The Morgan fingerprint density at radius 3 is 2.35 bits per heavy atom. The molecular weight excluding hydrogens is 292 g/mol. The molecule has 0 aromatic rings. The Labute approximate surface area is 139 Å². The Morgan fingerprint density at radius 2 is 1.70 bits per heavy atom. The largest absolute Gasteiger partial charge is 0.388 e. The molecule has 1 unspecified atom stereocenters. The summed E-state index contributed by atoms with van der Waals surface area (Å²) in [4.78, 5) is 24.2. The van der Waals surface area contributed by atoms with Gasteiger partial charge in [-0.25, -0.2) is 0 Å². The Morgan fingerprint density at radius 1 is 1.09 bits per heavy atom. The lowest BCUT2D eigenvalue weighted by Crippen LogP contribution is -2.46. The maximum atomic E-state index is 12.2. The monoisotopic (exact) mass is 324 g/mol. The lowest BCUT2D eigenvalue weighted by Gasteiger charge is -2.32. The summed E-state index contributed by atoms with van der Waals surface area (Å²) in [5.41, 5.74) is -0.734. The standard InChI is InChI=1S/C18H32N2O3/c1-14(20-17(22)15-8-4-2-5-9-15)12-16(21)19-13-18(23)10-6-3-7-11-18/h14-15,23H,2-13H2,1H3,(H,19,21)(H,20,22). The molecule has 1 atom stereocenters. The highest BCUT2D eigenvalue weighted by atomic mass is 16.3. The first-order valence-corrected chi connectivity index (χ1v) is 9.28. The molecule has 2 fully saturated rings. The minimum absolute atomic E-state index is 0.0934. The van der Waals surface area contributed by atoms with Crippen LogP contribution in [-0.4, -0.2) is 35.1 Å². The fraction of sp³-hybridized carbons (Fsp3) is 0.889. The highest BCUT2D eigenvalue weighted by Gasteiger charge is 2.29. The van der Waals surface area contributed by atoms with Gasteiger partial charge in [-0.2, -0.15) is 0 Å². The Kier molecular flexibility index (Phi) is 6.88. The van der Waals surface area contributed by atoms with Crippen molar-refractivity contribution in [3.8, 4) is 0 Å². The van der Waals surface area contributed by atoms with Gasteiger partial charge in [0.25, 0.3) is 0 Å². The van der Waals surface area contributed by atoms with E-state index in [2.05, 4.69) is 10.6 Å². The van der Waals surface area contributed by atoms with Crippen LogP contribution in [0.25, 0.3) is 0 Å². The molecule has 2 amide bonds. The van der Waals surface area contributed by atoms with Crippen molar-refractivity contribution in [3.05, 3.63) is 0 Å². The fourth-order valence-corrected chi connectivity index (χ4v) is 3.78. The summed E-state index contributed by atoms with van der Waals surface area (Å²) in [6.07, 6.45) is 10.5. The molecule has 0 heterocycles. The van der Waals surface area contributed by atoms with Gasteiger partial charge < -0.3 is 15.7 Å². The second-order valence-corrected chi connectivity index (χ2v) is 7.51. The summed E-state index contributed by atoms with van der Waals surface area (Å²) in [6, 6.07) is -0.162. The highest BCUT2D eigenvalue weighted by molar-refractivity contribution is 5.81. The van der Waals surface area contributed by atoms with Crippen LogP contribution in [0, 0.1) is 5.92 Å². The molecule has 2 aliphatic carbocycles. The lowest BCUT2D eigenvalue weighted by atomic mass is 9.85. The molecule has 2 saturated carbocycles. The first kappa shape index (κ1) is 18.2.